The molecule has 0 radical (unpaired) electrons. The zero-order valence-electron chi connectivity index (χ0n) is 14.8. The van der Waals surface area contributed by atoms with E-state index in [9.17, 15) is 9.90 Å². The highest BCUT2D eigenvalue weighted by Crippen LogP contribution is 2.28. The van der Waals surface area contributed by atoms with Crippen LogP contribution in [0.5, 0.6) is 0 Å². The minimum absolute atomic E-state index is 0.495. The normalized spacial score (nSPS) is 13.8. The molecule has 0 aliphatic rings. The summed E-state index contributed by atoms with van der Waals surface area (Å²) >= 11 is 2.17. The maximum absolute atomic E-state index is 12.1. The van der Waals surface area contributed by atoms with Crippen LogP contribution in [-0.2, 0) is 4.79 Å². The lowest BCUT2D eigenvalue weighted by molar-refractivity contribution is -0.141. The Hall–Kier alpha value is -1.41. The third-order valence-corrected chi connectivity index (χ3v) is 5.93. The fraction of sp³-hybridized carbons (Fsp3) is 0.474. The molecule has 0 saturated carbocycles. The molecule has 0 bridgehead atoms. The van der Waals surface area contributed by atoms with Gasteiger partial charge in [-0.1, -0.05) is 54.6 Å². The highest BCUT2D eigenvalue weighted by molar-refractivity contribution is 14.1. The van der Waals surface area contributed by atoms with E-state index in [-0.39, 0.29) is 0 Å². The van der Waals surface area contributed by atoms with Crippen molar-refractivity contribution in [3.8, 4) is 0 Å². The van der Waals surface area contributed by atoms with Crippen molar-refractivity contribution in [2.75, 3.05) is 29.4 Å². The number of anilines is 1. The van der Waals surface area contributed by atoms with Gasteiger partial charge in [-0.15, -0.1) is 0 Å². The number of hydrogen-bond acceptors (Lipinski definition) is 4. The zero-order valence-corrected chi connectivity index (χ0v) is 17.0. The third-order valence-electron chi connectivity index (χ3n) is 4.63. The predicted molar refractivity (Wildman–Crippen MR) is 112 cm³/mol. The minimum Gasteiger partial charge on any atom is -0.479 e. The summed E-state index contributed by atoms with van der Waals surface area (Å²) < 4.78 is 0.495. The number of aliphatic carboxylic acids is 1. The van der Waals surface area contributed by atoms with Crippen LogP contribution in [0, 0.1) is 0 Å². The van der Waals surface area contributed by atoms with E-state index in [0.717, 1.165) is 42.6 Å². The largest absolute Gasteiger partial charge is 0.479 e. The van der Waals surface area contributed by atoms with E-state index in [2.05, 4.69) is 51.6 Å². The first-order chi connectivity index (χ1) is 12.1. The van der Waals surface area contributed by atoms with Gasteiger partial charge in [-0.05, 0) is 44.6 Å². The lowest BCUT2D eigenvalue weighted by atomic mass is 9.94. The van der Waals surface area contributed by atoms with E-state index in [0.29, 0.717) is 10.8 Å². The number of carboxylic acid groups (broad SMARTS) is 1. The average molecular weight is 455 g/mol. The second-order valence-electron chi connectivity index (χ2n) is 6.15. The molecular formula is C19H26IN3O2. The van der Waals surface area contributed by atoms with Gasteiger partial charge in [-0.3, -0.25) is 4.98 Å². The Labute approximate surface area is 163 Å². The Balaban J connectivity index is 2.23. The second-order valence-corrected chi connectivity index (χ2v) is 6.91. The number of carboxylic acids is 1. The van der Waals surface area contributed by atoms with E-state index in [1.165, 1.54) is 0 Å². The van der Waals surface area contributed by atoms with Crippen molar-refractivity contribution < 1.29 is 9.90 Å². The van der Waals surface area contributed by atoms with Crippen LogP contribution in [0.1, 0.15) is 26.7 Å². The van der Waals surface area contributed by atoms with E-state index in [1.807, 2.05) is 30.3 Å². The average Bonchev–Trinajstić information content (AvgIpc) is 2.64. The highest BCUT2D eigenvalue weighted by atomic mass is 127. The van der Waals surface area contributed by atoms with Gasteiger partial charge in [0.1, 0.15) is 5.54 Å². The van der Waals surface area contributed by atoms with E-state index < -0.39 is 11.5 Å². The number of aromatic nitrogens is 1. The number of rotatable bonds is 10. The summed E-state index contributed by atoms with van der Waals surface area (Å²) in [6.45, 7) is 7.16. The number of carbonyl (C=O) groups is 1. The topological polar surface area (TPSA) is 65.5 Å². The van der Waals surface area contributed by atoms with Crippen molar-refractivity contribution >= 4 is 45.2 Å². The van der Waals surface area contributed by atoms with Crippen LogP contribution < -0.4 is 5.32 Å². The molecule has 2 rings (SSSR count). The molecule has 0 spiro atoms. The van der Waals surface area contributed by atoms with Crippen LogP contribution in [0.25, 0.3) is 10.9 Å². The first-order valence-corrected chi connectivity index (χ1v) is 10.2. The number of pyridine rings is 1. The Kier molecular flexibility index (Phi) is 7.43. The van der Waals surface area contributed by atoms with Gasteiger partial charge in [0.05, 0.1) is 5.52 Å². The molecule has 0 aliphatic heterocycles. The summed E-state index contributed by atoms with van der Waals surface area (Å²) in [5, 5.41) is 14.2. The molecule has 6 heteroatoms. The van der Waals surface area contributed by atoms with Crippen molar-refractivity contribution in [2.24, 2.45) is 0 Å². The molecule has 1 aromatic carbocycles. The van der Waals surface area contributed by atoms with Crippen LogP contribution in [0.4, 0.5) is 5.69 Å². The first-order valence-electron chi connectivity index (χ1n) is 8.70. The van der Waals surface area contributed by atoms with Gasteiger partial charge in [-0.25, -0.2) is 4.79 Å². The van der Waals surface area contributed by atoms with Gasteiger partial charge in [0.25, 0.3) is 0 Å². The number of nitrogens with zero attached hydrogens (tertiary/aromatic N) is 2. The summed E-state index contributed by atoms with van der Waals surface area (Å²) in [4.78, 5) is 18.8. The molecule has 1 aromatic heterocycles. The molecular weight excluding hydrogens is 429 g/mol. The molecule has 2 aromatic rings. The molecule has 0 fully saturated rings. The number of halogens is 1. The number of fused-ring (bicyclic) bond motifs is 1. The van der Waals surface area contributed by atoms with Crippen LogP contribution >= 0.6 is 22.6 Å². The summed E-state index contributed by atoms with van der Waals surface area (Å²) in [7, 11) is 0. The number of nitrogens with one attached hydrogen (secondary N) is 1. The van der Waals surface area contributed by atoms with Crippen LogP contribution in [0.15, 0.2) is 36.5 Å². The predicted octanol–water partition coefficient (Wildman–Crippen LogP) is 4.03. The highest BCUT2D eigenvalue weighted by Gasteiger charge is 2.37. The quantitative estimate of drug-likeness (QED) is 0.419. The Morgan fingerprint density at radius 1 is 1.28 bits per heavy atom. The fourth-order valence-electron chi connectivity index (χ4n) is 2.99. The molecule has 25 heavy (non-hydrogen) atoms. The van der Waals surface area contributed by atoms with Gasteiger partial charge < -0.3 is 15.3 Å². The molecule has 1 atom stereocenters. The minimum atomic E-state index is -0.974. The summed E-state index contributed by atoms with van der Waals surface area (Å²) in [5.41, 5.74) is 0.716. The fourth-order valence-corrected chi connectivity index (χ4v) is 3.89. The lowest BCUT2D eigenvalue weighted by Gasteiger charge is -2.31. The molecule has 136 valence electrons. The van der Waals surface area contributed by atoms with Gasteiger partial charge in [0.2, 0.25) is 0 Å². The van der Waals surface area contributed by atoms with Crippen LogP contribution in [0.3, 0.4) is 0 Å². The van der Waals surface area contributed by atoms with Crippen molar-refractivity contribution in [2.45, 2.75) is 32.2 Å². The summed E-state index contributed by atoms with van der Waals surface area (Å²) in [6, 6.07) is 9.65. The molecule has 0 amide bonds. The monoisotopic (exact) mass is 455 g/mol. The van der Waals surface area contributed by atoms with E-state index in [1.54, 1.807) is 6.20 Å². The lowest BCUT2D eigenvalue weighted by Crippen LogP contribution is -2.48. The second kappa shape index (κ2) is 9.33. The number of hydrogen-bond donors (Lipinski definition) is 2. The van der Waals surface area contributed by atoms with Gasteiger partial charge in [-0.2, -0.15) is 0 Å². The summed E-state index contributed by atoms with van der Waals surface area (Å²) in [5.74, 6) is -0.803. The number of para-hydroxylation sites is 1. The first kappa shape index (κ1) is 19.9. The number of alkyl halides is 1. The zero-order chi connectivity index (χ0) is 18.3. The van der Waals surface area contributed by atoms with Crippen molar-refractivity contribution in [1.82, 2.24) is 9.88 Å². The molecule has 1 unspecified atom stereocenters. The molecule has 2 N–H and O–H groups in total. The summed E-state index contributed by atoms with van der Waals surface area (Å²) in [6.07, 6.45) is 3.14. The van der Waals surface area contributed by atoms with Crippen LogP contribution in [-0.4, -0.2) is 50.6 Å². The standard InChI is InChI=1S/C19H26IN3O2/c1-3-23(4-2)13-7-11-19(14-20,18(24)25)22-17-10-12-21-16-9-6-5-8-15(16)17/h5-6,8-10,12H,3-4,7,11,13-14H2,1-2H3,(H,21,22)(H,24,25). The van der Waals surface area contributed by atoms with Crippen molar-refractivity contribution in [3.05, 3.63) is 36.5 Å². The third kappa shape index (κ3) is 4.82. The van der Waals surface area contributed by atoms with Crippen LogP contribution in [0.2, 0.25) is 0 Å². The van der Waals surface area contributed by atoms with Crippen molar-refractivity contribution in [3.63, 3.8) is 0 Å². The Morgan fingerprint density at radius 3 is 2.64 bits per heavy atom. The van der Waals surface area contributed by atoms with E-state index in [4.69, 9.17) is 0 Å². The van der Waals surface area contributed by atoms with Gasteiger partial charge >= 0.3 is 5.97 Å². The molecule has 5 nitrogen and oxygen atoms in total. The Bertz CT molecular complexity index is 701. The maximum atomic E-state index is 12.1. The Morgan fingerprint density at radius 2 is 2.00 bits per heavy atom. The van der Waals surface area contributed by atoms with Gasteiger partial charge in [0.15, 0.2) is 0 Å². The molecule has 0 saturated heterocycles. The smallest absolute Gasteiger partial charge is 0.330 e. The maximum Gasteiger partial charge on any atom is 0.330 e. The van der Waals surface area contributed by atoms with Gasteiger partial charge in [0, 0.05) is 21.7 Å². The van der Waals surface area contributed by atoms with Crippen molar-refractivity contribution in [1.29, 1.82) is 0 Å². The molecule has 0 aliphatic carbocycles. The SMILES string of the molecule is CCN(CC)CCCC(CI)(Nc1ccnc2ccccc12)C(=O)O. The van der Waals surface area contributed by atoms with E-state index >= 15 is 0 Å². The molecule has 1 heterocycles. The number of benzene rings is 1.